The van der Waals surface area contributed by atoms with Crippen molar-refractivity contribution in [1.29, 1.82) is 0 Å². The number of hydrogen-bond donors (Lipinski definition) is 0. The van der Waals surface area contributed by atoms with Gasteiger partial charge in [-0.1, -0.05) is 72.3 Å². The highest BCUT2D eigenvalue weighted by molar-refractivity contribution is 9.10. The fourth-order valence-corrected chi connectivity index (χ4v) is 5.98. The summed E-state index contributed by atoms with van der Waals surface area (Å²) in [6, 6.07) is 10.9. The van der Waals surface area contributed by atoms with Gasteiger partial charge in [-0.15, -0.1) is 0 Å². The molecule has 0 radical (unpaired) electrons. The van der Waals surface area contributed by atoms with Gasteiger partial charge in [0.05, 0.1) is 42.7 Å². The number of rotatable bonds is 6. The summed E-state index contributed by atoms with van der Waals surface area (Å²) in [6.07, 6.45) is 1.86. The van der Waals surface area contributed by atoms with Crippen LogP contribution in [0.2, 0.25) is 0 Å². The first-order valence-corrected chi connectivity index (χ1v) is 13.8. The van der Waals surface area contributed by atoms with Crippen molar-refractivity contribution >= 4 is 39.3 Å². The molecule has 0 bridgehead atoms. The van der Waals surface area contributed by atoms with Crippen LogP contribution in [-0.2, 0) is 14.9 Å². The molecule has 0 spiro atoms. The van der Waals surface area contributed by atoms with Gasteiger partial charge in [0.2, 0.25) is 0 Å². The lowest BCUT2D eigenvalue weighted by molar-refractivity contribution is -0.139. The van der Waals surface area contributed by atoms with Crippen molar-refractivity contribution in [2.75, 3.05) is 20.8 Å². The summed E-state index contributed by atoms with van der Waals surface area (Å²) in [6.45, 7) is 10.2. The molecular formula is C29H31BrN2O5S. The molecule has 7 nitrogen and oxygen atoms in total. The lowest BCUT2D eigenvalue weighted by Crippen LogP contribution is -2.40. The maximum absolute atomic E-state index is 13.9. The van der Waals surface area contributed by atoms with E-state index in [2.05, 4.69) is 53.8 Å². The Kier molecular flexibility index (Phi) is 7.99. The number of halogens is 1. The van der Waals surface area contributed by atoms with E-state index < -0.39 is 12.0 Å². The maximum atomic E-state index is 13.9. The van der Waals surface area contributed by atoms with E-state index in [9.17, 15) is 9.59 Å². The molecule has 2 heterocycles. The van der Waals surface area contributed by atoms with Crippen molar-refractivity contribution in [2.45, 2.75) is 46.1 Å². The molecule has 1 aliphatic rings. The van der Waals surface area contributed by atoms with Crippen LogP contribution < -0.4 is 24.4 Å². The summed E-state index contributed by atoms with van der Waals surface area (Å²) >= 11 is 4.91. The summed E-state index contributed by atoms with van der Waals surface area (Å²) < 4.78 is 19.1. The van der Waals surface area contributed by atoms with Gasteiger partial charge >= 0.3 is 5.97 Å². The first-order valence-electron chi connectivity index (χ1n) is 12.2. The number of thiazole rings is 1. The van der Waals surface area contributed by atoms with E-state index in [1.165, 1.54) is 16.9 Å². The normalized spacial score (nSPS) is 15.7. The topological polar surface area (TPSA) is 79.1 Å². The van der Waals surface area contributed by atoms with E-state index in [0.29, 0.717) is 42.1 Å². The Labute approximate surface area is 234 Å². The van der Waals surface area contributed by atoms with Crippen LogP contribution in [-0.4, -0.2) is 31.4 Å². The van der Waals surface area contributed by atoms with Gasteiger partial charge in [-0.2, -0.15) is 0 Å². The van der Waals surface area contributed by atoms with Crippen LogP contribution in [0.5, 0.6) is 11.5 Å². The van der Waals surface area contributed by atoms with E-state index in [0.717, 1.165) is 5.56 Å². The molecular weight excluding hydrogens is 568 g/mol. The highest BCUT2D eigenvalue weighted by Gasteiger charge is 2.35. The molecule has 0 unspecified atom stereocenters. The third-order valence-electron chi connectivity index (χ3n) is 6.39. The van der Waals surface area contributed by atoms with Crippen molar-refractivity contribution < 1.29 is 19.0 Å². The van der Waals surface area contributed by atoms with Crippen LogP contribution in [0.3, 0.4) is 0 Å². The first-order chi connectivity index (χ1) is 18.0. The molecule has 200 valence electrons. The number of aromatic nitrogens is 1. The van der Waals surface area contributed by atoms with Crippen molar-refractivity contribution in [1.82, 2.24) is 4.57 Å². The molecule has 3 aromatic rings. The fourth-order valence-electron chi connectivity index (χ4n) is 4.40. The number of allylic oxidation sites excluding steroid dienone is 1. The number of benzene rings is 2. The van der Waals surface area contributed by atoms with E-state index in [4.69, 9.17) is 14.2 Å². The number of methoxy groups -OCH3 is 2. The number of carbonyl (C=O) groups is 1. The van der Waals surface area contributed by atoms with Gasteiger partial charge in [-0.05, 0) is 54.2 Å². The molecule has 2 aromatic carbocycles. The molecule has 1 aliphatic heterocycles. The average molecular weight is 600 g/mol. The third-order valence-corrected chi connectivity index (χ3v) is 8.06. The van der Waals surface area contributed by atoms with Gasteiger partial charge in [0, 0.05) is 4.47 Å². The Bertz CT molecular complexity index is 1590. The van der Waals surface area contributed by atoms with Crippen LogP contribution >= 0.6 is 27.3 Å². The van der Waals surface area contributed by atoms with Crippen LogP contribution in [0.15, 0.2) is 61.9 Å². The predicted molar refractivity (Wildman–Crippen MR) is 153 cm³/mol. The number of nitrogens with zero attached hydrogens (tertiary/aromatic N) is 2. The average Bonchev–Trinajstić information content (AvgIpc) is 3.17. The molecule has 4 rings (SSSR count). The Morgan fingerprint density at radius 3 is 2.34 bits per heavy atom. The molecule has 0 amide bonds. The number of esters is 1. The first kappa shape index (κ1) is 27.9. The van der Waals surface area contributed by atoms with Gasteiger partial charge in [0.15, 0.2) is 16.3 Å². The van der Waals surface area contributed by atoms with E-state index in [1.807, 2.05) is 18.2 Å². The minimum absolute atomic E-state index is 0.0334. The van der Waals surface area contributed by atoms with Gasteiger partial charge in [0.1, 0.15) is 0 Å². The standard InChI is InChI=1S/C29H31BrN2O5S/c1-8-37-27(34)24-16(2)31-28-32(25(24)19-14-21(35-6)22(36-7)15-20(19)30)26(33)23(38-28)13-17-9-11-18(12-10-17)29(3,4)5/h9-15,25H,8H2,1-7H3/b23-13-/t25-/m1/s1. The molecule has 1 atom stereocenters. The minimum Gasteiger partial charge on any atom is -0.493 e. The highest BCUT2D eigenvalue weighted by atomic mass is 79.9. The largest absolute Gasteiger partial charge is 0.493 e. The Morgan fingerprint density at radius 1 is 1.13 bits per heavy atom. The lowest BCUT2D eigenvalue weighted by atomic mass is 9.87. The Hall–Kier alpha value is -3.17. The summed E-state index contributed by atoms with van der Waals surface area (Å²) in [5, 5.41) is 0. The van der Waals surface area contributed by atoms with Crippen LogP contribution in [0.1, 0.15) is 57.4 Å². The van der Waals surface area contributed by atoms with Crippen molar-refractivity contribution in [2.24, 2.45) is 4.99 Å². The molecule has 0 fully saturated rings. The zero-order valence-corrected chi connectivity index (χ0v) is 25.0. The minimum atomic E-state index is -0.773. The lowest BCUT2D eigenvalue weighted by Gasteiger charge is -2.26. The van der Waals surface area contributed by atoms with Crippen LogP contribution in [0.25, 0.3) is 6.08 Å². The molecule has 38 heavy (non-hydrogen) atoms. The fraction of sp³-hybridized carbons (Fsp3) is 0.345. The van der Waals surface area contributed by atoms with Gasteiger partial charge < -0.3 is 14.2 Å². The third kappa shape index (κ3) is 5.22. The highest BCUT2D eigenvalue weighted by Crippen LogP contribution is 2.40. The SMILES string of the molecule is CCOC(=O)C1=C(C)N=c2s/c(=C\c3ccc(C(C)(C)C)cc3)c(=O)n2[C@@H]1c1cc(OC)c(OC)cc1Br. The quantitative estimate of drug-likeness (QED) is 0.378. The number of fused-ring (bicyclic) bond motifs is 1. The summed E-state index contributed by atoms with van der Waals surface area (Å²) in [5.74, 6) is 0.477. The summed E-state index contributed by atoms with van der Waals surface area (Å²) in [7, 11) is 3.09. The second-order valence-corrected chi connectivity index (χ2v) is 11.8. The molecule has 0 aliphatic carbocycles. The molecule has 9 heteroatoms. The number of hydrogen-bond acceptors (Lipinski definition) is 7. The van der Waals surface area contributed by atoms with E-state index in [-0.39, 0.29) is 17.6 Å². The van der Waals surface area contributed by atoms with Crippen molar-refractivity contribution in [3.63, 3.8) is 0 Å². The number of carbonyl (C=O) groups excluding carboxylic acids is 1. The van der Waals surface area contributed by atoms with Crippen LogP contribution in [0, 0.1) is 0 Å². The summed E-state index contributed by atoms with van der Waals surface area (Å²) in [4.78, 5) is 32.2. The van der Waals surface area contributed by atoms with E-state index >= 15 is 0 Å². The zero-order valence-electron chi connectivity index (χ0n) is 22.5. The van der Waals surface area contributed by atoms with Gasteiger partial charge in [-0.25, -0.2) is 9.79 Å². The second kappa shape index (κ2) is 10.9. The monoisotopic (exact) mass is 598 g/mol. The number of ether oxygens (including phenoxy) is 3. The Morgan fingerprint density at radius 2 is 1.76 bits per heavy atom. The smallest absolute Gasteiger partial charge is 0.338 e. The summed E-state index contributed by atoms with van der Waals surface area (Å²) in [5.41, 5.74) is 3.37. The van der Waals surface area contributed by atoms with Crippen molar-refractivity contribution in [3.8, 4) is 11.5 Å². The predicted octanol–water partition coefficient (Wildman–Crippen LogP) is 4.88. The maximum Gasteiger partial charge on any atom is 0.338 e. The molecule has 0 N–H and O–H groups in total. The second-order valence-electron chi connectivity index (χ2n) is 9.90. The Balaban J connectivity index is 1.95. The van der Waals surface area contributed by atoms with Gasteiger partial charge in [0.25, 0.3) is 5.56 Å². The van der Waals surface area contributed by atoms with Crippen LogP contribution in [0.4, 0.5) is 0 Å². The molecule has 1 aromatic heterocycles. The van der Waals surface area contributed by atoms with Crippen molar-refractivity contribution in [3.05, 3.63) is 88.5 Å². The molecule has 0 saturated heterocycles. The zero-order chi connectivity index (χ0) is 27.8. The molecule has 0 saturated carbocycles. The van der Waals surface area contributed by atoms with E-state index in [1.54, 1.807) is 44.8 Å². The van der Waals surface area contributed by atoms with Gasteiger partial charge in [-0.3, -0.25) is 9.36 Å².